The molecule has 0 bridgehead atoms. The number of nitrogens with two attached hydrogens (primary N) is 1. The quantitative estimate of drug-likeness (QED) is 0.0763. The van der Waals surface area contributed by atoms with Crippen molar-refractivity contribution >= 4 is 27.8 Å². The van der Waals surface area contributed by atoms with Gasteiger partial charge in [0.1, 0.15) is 22.0 Å². The monoisotopic (exact) mass is 713 g/mol. The van der Waals surface area contributed by atoms with Crippen LogP contribution in [-0.4, -0.2) is 37.2 Å². The van der Waals surface area contributed by atoms with E-state index in [1.54, 1.807) is 54.6 Å². The van der Waals surface area contributed by atoms with E-state index in [4.69, 9.17) is 15.2 Å². The molecule has 0 spiro atoms. The molecule has 4 rings (SSSR count). The summed E-state index contributed by atoms with van der Waals surface area (Å²) in [5, 5.41) is 11.6. The third kappa shape index (κ3) is 12.3. The van der Waals surface area contributed by atoms with Gasteiger partial charge in [0.15, 0.2) is 0 Å². The van der Waals surface area contributed by atoms with Gasteiger partial charge >= 0.3 is 29.6 Å². The number of ether oxygens (including phenoxy) is 2. The van der Waals surface area contributed by atoms with Crippen LogP contribution in [0.25, 0.3) is 11.1 Å². The largest absolute Gasteiger partial charge is 1.00 e. The number of unbranched alkanes of at least 4 members (excludes halogenated alkanes) is 5. The fourth-order valence-electron chi connectivity index (χ4n) is 5.30. The molecule has 0 saturated carbocycles. The molecule has 0 fully saturated rings. The minimum absolute atomic E-state index is 0. The van der Waals surface area contributed by atoms with Crippen LogP contribution in [0.3, 0.4) is 0 Å². The Morgan fingerprint density at radius 2 is 1.59 bits per heavy atom. The molecule has 0 saturated heterocycles. The first kappa shape index (κ1) is 40.8. The molecule has 8 nitrogen and oxygen atoms in total. The summed E-state index contributed by atoms with van der Waals surface area (Å²) < 4.78 is 49.0. The molecule has 1 atom stereocenters. The molecule has 11 heteroatoms. The number of benzene rings is 4. The first-order chi connectivity index (χ1) is 23.1. The van der Waals surface area contributed by atoms with E-state index in [0.717, 1.165) is 30.6 Å². The van der Waals surface area contributed by atoms with E-state index in [1.165, 1.54) is 37.1 Å². The molecule has 0 aromatic heterocycles. The van der Waals surface area contributed by atoms with Crippen LogP contribution in [0, 0.1) is 0 Å². The summed E-state index contributed by atoms with van der Waals surface area (Å²) in [5.74, 6) is 0.0870. The molecule has 0 aliphatic rings. The Labute approximate surface area is 316 Å². The summed E-state index contributed by atoms with van der Waals surface area (Å²) in [7, 11) is -4.85. The van der Waals surface area contributed by atoms with Gasteiger partial charge in [-0.25, -0.2) is 8.42 Å². The van der Waals surface area contributed by atoms with E-state index >= 15 is 0 Å². The van der Waals surface area contributed by atoms with Crippen molar-refractivity contribution in [3.8, 4) is 16.9 Å². The van der Waals surface area contributed by atoms with Crippen LogP contribution in [0.15, 0.2) is 99.6 Å². The average Bonchev–Trinajstić information content (AvgIpc) is 3.08. The van der Waals surface area contributed by atoms with Gasteiger partial charge in [0.25, 0.3) is 0 Å². The van der Waals surface area contributed by atoms with E-state index in [9.17, 15) is 22.9 Å². The smallest absolute Gasteiger partial charge is 0.744 e. The van der Waals surface area contributed by atoms with E-state index in [-0.39, 0.29) is 51.5 Å². The van der Waals surface area contributed by atoms with Crippen molar-refractivity contribution in [2.75, 3.05) is 13.2 Å². The molecule has 1 unspecified atom stereocenters. The Balaban J connectivity index is 0.00000650. The number of amides is 1. The summed E-state index contributed by atoms with van der Waals surface area (Å²) in [6.07, 6.45) is 6.35. The van der Waals surface area contributed by atoms with Crippen LogP contribution in [0.2, 0.25) is 0 Å². The Hall–Kier alpha value is -2.67. The number of primary amides is 1. The first-order valence-electron chi connectivity index (χ1n) is 16.4. The second kappa shape index (κ2) is 20.2. The predicted molar refractivity (Wildman–Crippen MR) is 188 cm³/mol. The van der Waals surface area contributed by atoms with Crippen molar-refractivity contribution < 1.29 is 61.9 Å². The van der Waals surface area contributed by atoms with Crippen molar-refractivity contribution in [3.63, 3.8) is 0 Å². The van der Waals surface area contributed by atoms with E-state index in [2.05, 4.69) is 13.8 Å². The second-order valence-electron chi connectivity index (χ2n) is 11.7. The molecule has 0 aliphatic heterocycles. The number of carbonyl (C=O) groups is 1. The molecular formula is C38H44NNaO7S2. The van der Waals surface area contributed by atoms with Crippen LogP contribution < -0.4 is 40.0 Å². The summed E-state index contributed by atoms with van der Waals surface area (Å²) in [6, 6.07) is 23.9. The normalized spacial score (nSPS) is 11.9. The van der Waals surface area contributed by atoms with E-state index in [0.29, 0.717) is 46.8 Å². The summed E-state index contributed by atoms with van der Waals surface area (Å²) in [5.41, 5.74) is 8.47. The Morgan fingerprint density at radius 3 is 2.29 bits per heavy atom. The van der Waals surface area contributed by atoms with Gasteiger partial charge in [-0.2, -0.15) is 0 Å². The van der Waals surface area contributed by atoms with Crippen molar-refractivity contribution in [3.05, 3.63) is 107 Å². The van der Waals surface area contributed by atoms with Gasteiger partial charge in [-0.1, -0.05) is 94.1 Å². The fourth-order valence-corrected chi connectivity index (χ4v) is 7.14. The molecule has 0 radical (unpaired) electrons. The van der Waals surface area contributed by atoms with Gasteiger partial charge in [0, 0.05) is 22.0 Å². The summed E-state index contributed by atoms with van der Waals surface area (Å²) in [6.45, 7) is 5.72. The number of aliphatic hydroxyl groups excluding tert-OH is 1. The maximum Gasteiger partial charge on any atom is 1.00 e. The van der Waals surface area contributed by atoms with Gasteiger partial charge < -0.3 is 24.9 Å². The molecule has 4 aromatic carbocycles. The number of carbonyl (C=O) groups excluding carboxylic acids is 1. The van der Waals surface area contributed by atoms with Crippen LogP contribution in [0.5, 0.6) is 5.75 Å². The molecule has 1 amide bonds. The third-order valence-electron chi connectivity index (χ3n) is 7.87. The van der Waals surface area contributed by atoms with E-state index < -0.39 is 22.1 Å². The maximum absolute atomic E-state index is 12.5. The predicted octanol–water partition coefficient (Wildman–Crippen LogP) is 5.26. The minimum atomic E-state index is -4.85. The van der Waals surface area contributed by atoms with Crippen molar-refractivity contribution in [2.45, 2.75) is 86.2 Å². The standard InChI is InChI=1S/C38H45NO7S2.Na/c1-3-5-7-8-11-20-45-26-27-22-29(24-30(23-27)38(39)41)37(40)34-13-10-9-12-33(34)28-14-19-35(36(25-28)48(42,43)44)47-32-17-15-31(16-18-32)46-21-6-4-2;/h9-10,12-19,22-25,37,40H,3-8,11,20-21,26H2,1-2H3,(H2,39,41)(H,42,43,44);/q;+1/p-1. The Morgan fingerprint density at radius 1 is 0.878 bits per heavy atom. The van der Waals surface area contributed by atoms with Gasteiger partial charge in [-0.05, 0) is 89.2 Å². The maximum atomic E-state index is 12.5. The van der Waals surface area contributed by atoms with Gasteiger partial charge in [-0.3, -0.25) is 4.79 Å². The summed E-state index contributed by atoms with van der Waals surface area (Å²) >= 11 is 1.17. The SMILES string of the molecule is CCCCCCCOCc1cc(C(N)=O)cc(C(O)c2ccccc2-c2ccc(Sc3ccc(OCCCC)cc3)c(S(=O)(=O)[O-])c2)c1.[Na+]. The van der Waals surface area contributed by atoms with Crippen LogP contribution in [0.4, 0.5) is 0 Å². The first-order valence-corrected chi connectivity index (χ1v) is 18.6. The second-order valence-corrected chi connectivity index (χ2v) is 14.1. The molecule has 4 aromatic rings. The fraction of sp³-hybridized carbons (Fsp3) is 0.342. The number of rotatable bonds is 19. The zero-order chi connectivity index (χ0) is 34.5. The Kier molecular flexibility index (Phi) is 16.8. The van der Waals surface area contributed by atoms with Crippen LogP contribution >= 0.6 is 11.8 Å². The van der Waals surface area contributed by atoms with E-state index in [1.807, 2.05) is 24.3 Å². The van der Waals surface area contributed by atoms with Crippen LogP contribution in [0.1, 0.15) is 91.9 Å². The van der Waals surface area contributed by atoms with Crippen molar-refractivity contribution in [1.29, 1.82) is 0 Å². The minimum Gasteiger partial charge on any atom is -0.744 e. The molecule has 0 heterocycles. The van der Waals surface area contributed by atoms with Crippen molar-refractivity contribution in [2.24, 2.45) is 5.73 Å². The molecule has 256 valence electrons. The molecule has 3 N–H and O–H groups in total. The average molecular weight is 714 g/mol. The third-order valence-corrected chi connectivity index (χ3v) is 9.96. The zero-order valence-electron chi connectivity index (χ0n) is 28.5. The number of aliphatic hydroxyl groups is 1. The van der Waals surface area contributed by atoms with Gasteiger partial charge in [-0.15, -0.1) is 0 Å². The number of hydrogen-bond donors (Lipinski definition) is 2. The Bertz CT molecular complexity index is 1760. The summed E-state index contributed by atoms with van der Waals surface area (Å²) in [4.78, 5) is 12.9. The van der Waals surface area contributed by atoms with Crippen LogP contribution in [-0.2, 0) is 21.5 Å². The zero-order valence-corrected chi connectivity index (χ0v) is 32.2. The molecular weight excluding hydrogens is 670 g/mol. The number of hydrogen-bond acceptors (Lipinski definition) is 8. The van der Waals surface area contributed by atoms with Gasteiger partial charge in [0.2, 0.25) is 5.91 Å². The van der Waals surface area contributed by atoms with Gasteiger partial charge in [0.05, 0.1) is 18.1 Å². The topological polar surface area (TPSA) is 139 Å². The van der Waals surface area contributed by atoms with Crippen molar-refractivity contribution in [1.82, 2.24) is 0 Å². The molecule has 49 heavy (non-hydrogen) atoms. The molecule has 0 aliphatic carbocycles.